The van der Waals surface area contributed by atoms with Crippen LogP contribution in [0.5, 0.6) is 0 Å². The summed E-state index contributed by atoms with van der Waals surface area (Å²) in [5, 5.41) is 0. The maximum atomic E-state index is 11.4. The van der Waals surface area contributed by atoms with Gasteiger partial charge in [0.25, 0.3) is 0 Å². The smallest absolute Gasteiger partial charge is 0.205 e. The fraction of sp³-hybridized carbons (Fsp3) is 0.957. The van der Waals surface area contributed by atoms with Crippen LogP contribution in [0.15, 0.2) is 4.99 Å². The lowest BCUT2D eigenvalue weighted by Gasteiger charge is -2.22. The van der Waals surface area contributed by atoms with Gasteiger partial charge in [-0.15, -0.1) is 0 Å². The Labute approximate surface area is 184 Å². The lowest BCUT2D eigenvalue weighted by Crippen LogP contribution is -2.37. The van der Waals surface area contributed by atoms with Crippen molar-refractivity contribution in [2.45, 2.75) is 97.3 Å². The fourth-order valence-corrected chi connectivity index (χ4v) is 3.94. The molecule has 1 unspecified atom stereocenters. The van der Waals surface area contributed by atoms with Crippen molar-refractivity contribution >= 4 is 16.9 Å². The van der Waals surface area contributed by atoms with E-state index >= 15 is 0 Å². The molecule has 0 rings (SSSR count). The molecule has 0 bridgehead atoms. The van der Waals surface area contributed by atoms with Crippen LogP contribution in [0.2, 0.25) is 0 Å². The Kier molecular flexibility index (Phi) is 20.2. The van der Waals surface area contributed by atoms with Crippen molar-refractivity contribution < 1.29 is 4.21 Å². The average molecular weight is 431 g/mol. The lowest BCUT2D eigenvalue weighted by atomic mass is 10.1. The highest BCUT2D eigenvalue weighted by Crippen LogP contribution is 2.09. The summed E-state index contributed by atoms with van der Waals surface area (Å²) in [7, 11) is 2.79. The molecule has 6 heteroatoms. The third-order valence-electron chi connectivity index (χ3n) is 5.21. The fourth-order valence-electron chi connectivity index (χ4n) is 3.44. The van der Waals surface area contributed by atoms with Crippen molar-refractivity contribution in [3.8, 4) is 0 Å². The van der Waals surface area contributed by atoms with Gasteiger partial charge in [-0.2, -0.15) is 0 Å². The standard InChI is InChI=1S/C23H50N4OS/c1-6-8-10-12-14-16-20-27(21-17-15-13-11-9-7-2)22-18-19-24-23(26(3)4)25-29(5)28/h6-22H2,1-5H3,(H,24,25). The number of aliphatic imine (C=N–C) groups is 1. The number of guanidine groups is 1. The van der Waals surface area contributed by atoms with Crippen LogP contribution in [-0.2, 0) is 11.0 Å². The molecule has 0 aliphatic rings. The predicted molar refractivity (Wildman–Crippen MR) is 131 cm³/mol. The SMILES string of the molecule is CCCCCCCCN(CCCCCCCC)CCCN=C(NS(C)=O)N(C)C. The summed E-state index contributed by atoms with van der Waals surface area (Å²) < 4.78 is 14.3. The van der Waals surface area contributed by atoms with E-state index in [2.05, 4.69) is 28.5 Å². The summed E-state index contributed by atoms with van der Waals surface area (Å²) in [4.78, 5) is 9.15. The van der Waals surface area contributed by atoms with Gasteiger partial charge in [0, 0.05) is 26.9 Å². The third kappa shape index (κ3) is 19.1. The van der Waals surface area contributed by atoms with E-state index in [1.54, 1.807) is 6.26 Å². The van der Waals surface area contributed by atoms with E-state index in [1.165, 1.54) is 90.1 Å². The molecule has 0 spiro atoms. The highest BCUT2D eigenvalue weighted by Gasteiger charge is 2.06. The monoisotopic (exact) mass is 430 g/mol. The summed E-state index contributed by atoms with van der Waals surface area (Å²) in [5.41, 5.74) is 0. The largest absolute Gasteiger partial charge is 0.348 e. The van der Waals surface area contributed by atoms with Gasteiger partial charge in [-0.25, -0.2) is 4.21 Å². The van der Waals surface area contributed by atoms with Gasteiger partial charge in [-0.05, 0) is 38.9 Å². The molecule has 1 atom stereocenters. The quantitative estimate of drug-likeness (QED) is 0.174. The van der Waals surface area contributed by atoms with E-state index in [-0.39, 0.29) is 0 Å². The minimum Gasteiger partial charge on any atom is -0.348 e. The number of nitrogens with one attached hydrogen (secondary N) is 1. The zero-order valence-electron chi connectivity index (χ0n) is 20.2. The Hall–Kier alpha value is -0.620. The molecule has 0 aromatic heterocycles. The van der Waals surface area contributed by atoms with Gasteiger partial charge < -0.3 is 9.80 Å². The first-order valence-corrected chi connectivity index (χ1v) is 13.6. The predicted octanol–water partition coefficient (Wildman–Crippen LogP) is 5.20. The zero-order chi connectivity index (χ0) is 21.7. The molecule has 0 radical (unpaired) electrons. The molecule has 0 aromatic carbocycles. The molecule has 0 heterocycles. The van der Waals surface area contributed by atoms with Crippen LogP contribution < -0.4 is 4.72 Å². The molecular weight excluding hydrogens is 380 g/mol. The second-order valence-electron chi connectivity index (χ2n) is 8.39. The molecule has 0 aromatic rings. The van der Waals surface area contributed by atoms with Crippen molar-refractivity contribution in [3.05, 3.63) is 0 Å². The van der Waals surface area contributed by atoms with Gasteiger partial charge in [-0.1, -0.05) is 78.1 Å². The van der Waals surface area contributed by atoms with Gasteiger partial charge in [0.2, 0.25) is 5.96 Å². The van der Waals surface area contributed by atoms with E-state index in [9.17, 15) is 4.21 Å². The molecule has 0 aliphatic heterocycles. The Morgan fingerprint density at radius 1 is 0.759 bits per heavy atom. The molecular formula is C23H50N4OS. The molecule has 0 amide bonds. The molecule has 0 fully saturated rings. The number of hydrogen-bond acceptors (Lipinski definition) is 3. The van der Waals surface area contributed by atoms with E-state index < -0.39 is 11.0 Å². The summed E-state index contributed by atoms with van der Waals surface area (Å²) in [6.07, 6.45) is 19.0. The van der Waals surface area contributed by atoms with Crippen LogP contribution in [0.4, 0.5) is 0 Å². The van der Waals surface area contributed by atoms with Crippen molar-refractivity contribution in [2.24, 2.45) is 4.99 Å². The van der Waals surface area contributed by atoms with Crippen LogP contribution >= 0.6 is 0 Å². The Bertz CT molecular complexity index is 400. The number of unbranched alkanes of at least 4 members (excludes halogenated alkanes) is 10. The number of rotatable bonds is 19. The Balaban J connectivity index is 4.27. The van der Waals surface area contributed by atoms with E-state index in [1.807, 2.05) is 19.0 Å². The Morgan fingerprint density at radius 3 is 1.66 bits per heavy atom. The zero-order valence-corrected chi connectivity index (χ0v) is 21.0. The second-order valence-corrected chi connectivity index (χ2v) is 9.50. The molecule has 0 saturated carbocycles. The number of nitrogens with zero attached hydrogens (tertiary/aromatic N) is 3. The average Bonchev–Trinajstić information content (AvgIpc) is 2.68. The molecule has 29 heavy (non-hydrogen) atoms. The van der Waals surface area contributed by atoms with E-state index in [4.69, 9.17) is 0 Å². The minimum atomic E-state index is -1.08. The van der Waals surface area contributed by atoms with Gasteiger partial charge >= 0.3 is 0 Å². The molecule has 0 saturated heterocycles. The summed E-state index contributed by atoms with van der Waals surface area (Å²) in [5.74, 6) is 0.712. The van der Waals surface area contributed by atoms with Crippen molar-refractivity contribution in [2.75, 3.05) is 46.5 Å². The second kappa shape index (κ2) is 20.6. The van der Waals surface area contributed by atoms with E-state index in [0.29, 0.717) is 5.96 Å². The maximum Gasteiger partial charge on any atom is 0.205 e. The van der Waals surface area contributed by atoms with Crippen molar-refractivity contribution in [1.29, 1.82) is 0 Å². The maximum absolute atomic E-state index is 11.4. The topological polar surface area (TPSA) is 47.9 Å². The van der Waals surface area contributed by atoms with Gasteiger partial charge in [0.05, 0.1) is 0 Å². The van der Waals surface area contributed by atoms with Gasteiger partial charge in [0.1, 0.15) is 11.0 Å². The summed E-state index contributed by atoms with van der Waals surface area (Å²) in [6, 6.07) is 0. The summed E-state index contributed by atoms with van der Waals surface area (Å²) >= 11 is 0. The molecule has 0 aliphatic carbocycles. The van der Waals surface area contributed by atoms with Crippen LogP contribution in [0.25, 0.3) is 0 Å². The molecule has 5 nitrogen and oxygen atoms in total. The van der Waals surface area contributed by atoms with Gasteiger partial charge in [0.15, 0.2) is 0 Å². The Morgan fingerprint density at radius 2 is 1.21 bits per heavy atom. The molecule has 174 valence electrons. The summed E-state index contributed by atoms with van der Waals surface area (Å²) in [6.45, 7) is 8.90. The first-order chi connectivity index (χ1) is 14.0. The van der Waals surface area contributed by atoms with E-state index in [0.717, 1.165) is 19.5 Å². The highest BCUT2D eigenvalue weighted by atomic mass is 32.2. The van der Waals surface area contributed by atoms with Gasteiger partial charge in [-0.3, -0.25) is 9.71 Å². The van der Waals surface area contributed by atoms with Crippen LogP contribution in [0.3, 0.4) is 0 Å². The number of hydrogen-bond donors (Lipinski definition) is 1. The highest BCUT2D eigenvalue weighted by molar-refractivity contribution is 7.82. The normalized spacial score (nSPS) is 13.1. The van der Waals surface area contributed by atoms with Crippen molar-refractivity contribution in [3.63, 3.8) is 0 Å². The third-order valence-corrected chi connectivity index (χ3v) is 5.68. The minimum absolute atomic E-state index is 0.712. The van der Waals surface area contributed by atoms with Crippen LogP contribution in [-0.4, -0.2) is 66.5 Å². The van der Waals surface area contributed by atoms with Crippen LogP contribution in [0.1, 0.15) is 97.3 Å². The lowest BCUT2D eigenvalue weighted by molar-refractivity contribution is 0.258. The van der Waals surface area contributed by atoms with Crippen molar-refractivity contribution in [1.82, 2.24) is 14.5 Å². The first kappa shape index (κ1) is 28.4. The molecule has 1 N–H and O–H groups in total. The first-order valence-electron chi connectivity index (χ1n) is 12.0. The van der Waals surface area contributed by atoms with Crippen LogP contribution in [0, 0.1) is 0 Å².